The molecule has 0 aliphatic heterocycles. The van der Waals surface area contributed by atoms with Gasteiger partial charge in [-0.25, -0.2) is 0 Å². The van der Waals surface area contributed by atoms with Gasteiger partial charge in [-0.3, -0.25) is 4.79 Å². The lowest BCUT2D eigenvalue weighted by Gasteiger charge is -2.18. The van der Waals surface area contributed by atoms with Crippen LogP contribution >= 0.6 is 0 Å². The molecule has 5 heteroatoms. The second-order valence-electron chi connectivity index (χ2n) is 6.33. The Bertz CT molecular complexity index is 744. The molecule has 0 aromatic heterocycles. The maximum Gasteiger partial charge on any atom is 0.309 e. The van der Waals surface area contributed by atoms with Crippen molar-refractivity contribution in [3.05, 3.63) is 64.7 Å². The number of esters is 1. The molecule has 0 spiro atoms. The van der Waals surface area contributed by atoms with Crippen LogP contribution in [0.25, 0.3) is 0 Å². The van der Waals surface area contributed by atoms with Gasteiger partial charge in [-0.1, -0.05) is 42.5 Å². The average molecular weight is 355 g/mol. The summed E-state index contributed by atoms with van der Waals surface area (Å²) in [6.07, 6.45) is -0.0850. The summed E-state index contributed by atoms with van der Waals surface area (Å²) in [4.78, 5) is 22.7. The summed E-state index contributed by atoms with van der Waals surface area (Å²) in [7, 11) is 1.25. The van der Waals surface area contributed by atoms with Crippen molar-refractivity contribution in [3.8, 4) is 5.75 Å². The van der Waals surface area contributed by atoms with Gasteiger partial charge in [0.25, 0.3) is 0 Å². The summed E-state index contributed by atoms with van der Waals surface area (Å²) < 4.78 is 10.7. The summed E-state index contributed by atoms with van der Waals surface area (Å²) in [5, 5.41) is 10.9. The second kappa shape index (κ2) is 9.04. The largest absolute Gasteiger partial charge is 0.550 e. The van der Waals surface area contributed by atoms with Gasteiger partial charge in [0, 0.05) is 12.4 Å². The van der Waals surface area contributed by atoms with Crippen molar-refractivity contribution in [1.29, 1.82) is 0 Å². The molecule has 2 rings (SSSR count). The van der Waals surface area contributed by atoms with Crippen LogP contribution in [0, 0.1) is 19.8 Å². The Morgan fingerprint density at radius 1 is 1.04 bits per heavy atom. The van der Waals surface area contributed by atoms with Gasteiger partial charge in [-0.2, -0.15) is 0 Å². The normalized spacial score (nSPS) is 11.7. The van der Waals surface area contributed by atoms with Gasteiger partial charge in [0.1, 0.15) is 12.4 Å². The zero-order valence-corrected chi connectivity index (χ0v) is 15.3. The standard InChI is InChI=1S/C21H24O5/c1-14-9-17(11-18(12-19(22)23)21(24)25-3)10-15(2)20(14)26-13-16-7-5-4-6-8-16/h4-10,18H,11-13H2,1-3H3,(H,22,23)/p-1/t18-/m0/s1. The highest BCUT2D eigenvalue weighted by Gasteiger charge is 2.21. The first-order valence-electron chi connectivity index (χ1n) is 8.45. The number of benzene rings is 2. The molecule has 0 unspecified atom stereocenters. The Hall–Kier alpha value is -2.82. The molecule has 1 atom stereocenters. The molecule has 5 nitrogen and oxygen atoms in total. The topological polar surface area (TPSA) is 75.7 Å². The van der Waals surface area contributed by atoms with Crippen molar-refractivity contribution in [2.45, 2.75) is 33.3 Å². The van der Waals surface area contributed by atoms with Crippen molar-refractivity contribution in [1.82, 2.24) is 0 Å². The monoisotopic (exact) mass is 355 g/mol. The molecule has 26 heavy (non-hydrogen) atoms. The van der Waals surface area contributed by atoms with E-state index in [4.69, 9.17) is 9.47 Å². The minimum absolute atomic E-state index is 0.279. The number of aryl methyl sites for hydroxylation is 2. The number of aliphatic carboxylic acids is 1. The molecule has 0 aliphatic carbocycles. The first-order valence-corrected chi connectivity index (χ1v) is 8.45. The SMILES string of the molecule is COC(=O)[C@H](CC(=O)[O-])Cc1cc(C)c(OCc2ccccc2)c(C)c1. The van der Waals surface area contributed by atoms with E-state index in [-0.39, 0.29) is 12.8 Å². The van der Waals surface area contributed by atoms with Crippen molar-refractivity contribution < 1.29 is 24.2 Å². The number of hydrogen-bond acceptors (Lipinski definition) is 5. The maximum absolute atomic E-state index is 11.8. The first kappa shape index (κ1) is 19.5. The number of carboxylic acids is 1. The molecule has 0 heterocycles. The number of carboxylic acid groups (broad SMARTS) is 1. The smallest absolute Gasteiger partial charge is 0.309 e. The van der Waals surface area contributed by atoms with Gasteiger partial charge in [0.15, 0.2) is 0 Å². The third-order valence-electron chi connectivity index (χ3n) is 4.18. The molecular weight excluding hydrogens is 332 g/mol. The van der Waals surface area contributed by atoms with Gasteiger partial charge in [0.2, 0.25) is 0 Å². The van der Waals surface area contributed by atoms with Gasteiger partial charge in [-0.15, -0.1) is 0 Å². The van der Waals surface area contributed by atoms with Crippen LogP contribution in [-0.4, -0.2) is 19.0 Å². The number of methoxy groups -OCH3 is 1. The van der Waals surface area contributed by atoms with E-state index in [0.717, 1.165) is 28.0 Å². The van der Waals surface area contributed by atoms with E-state index >= 15 is 0 Å². The van der Waals surface area contributed by atoms with E-state index in [2.05, 4.69) is 0 Å². The van der Waals surface area contributed by atoms with Gasteiger partial charge in [0.05, 0.1) is 13.0 Å². The van der Waals surface area contributed by atoms with Crippen molar-refractivity contribution in [2.24, 2.45) is 5.92 Å². The Labute approximate surface area is 153 Å². The molecule has 0 aliphatic rings. The Morgan fingerprint density at radius 3 is 2.19 bits per heavy atom. The molecule has 0 bridgehead atoms. The van der Waals surface area contributed by atoms with E-state index in [1.165, 1.54) is 7.11 Å². The number of hydrogen-bond donors (Lipinski definition) is 0. The van der Waals surface area contributed by atoms with Crippen LogP contribution in [0.5, 0.6) is 5.75 Å². The van der Waals surface area contributed by atoms with Crippen LogP contribution in [0.15, 0.2) is 42.5 Å². The van der Waals surface area contributed by atoms with Crippen LogP contribution in [0.1, 0.15) is 28.7 Å². The molecule has 0 saturated carbocycles. The van der Waals surface area contributed by atoms with Crippen LogP contribution in [-0.2, 0) is 27.4 Å². The molecule has 0 N–H and O–H groups in total. The maximum atomic E-state index is 11.8. The van der Waals surface area contributed by atoms with E-state index in [9.17, 15) is 14.7 Å². The average Bonchev–Trinajstić information content (AvgIpc) is 2.60. The van der Waals surface area contributed by atoms with E-state index in [0.29, 0.717) is 6.61 Å². The fourth-order valence-electron chi connectivity index (χ4n) is 3.01. The summed E-state index contributed by atoms with van der Waals surface area (Å²) in [6.45, 7) is 4.34. The van der Waals surface area contributed by atoms with Crippen LogP contribution < -0.4 is 9.84 Å². The lowest BCUT2D eigenvalue weighted by molar-refractivity contribution is -0.306. The molecule has 0 radical (unpaired) electrons. The molecule has 138 valence electrons. The predicted octanol–water partition coefficient (Wildman–Crippen LogP) is 2.35. The van der Waals surface area contributed by atoms with Crippen LogP contribution in [0.2, 0.25) is 0 Å². The number of ether oxygens (including phenoxy) is 2. The van der Waals surface area contributed by atoms with E-state index in [1.54, 1.807) is 0 Å². The third kappa shape index (κ3) is 5.34. The minimum Gasteiger partial charge on any atom is -0.550 e. The molecular formula is C21H23O5-. The highest BCUT2D eigenvalue weighted by atomic mass is 16.5. The second-order valence-corrected chi connectivity index (χ2v) is 6.33. The van der Waals surface area contributed by atoms with Gasteiger partial charge in [-0.05, 0) is 42.5 Å². The molecule has 2 aromatic rings. The molecule has 0 amide bonds. The summed E-state index contributed by atoms with van der Waals surface area (Å²) in [6, 6.07) is 13.7. The molecule has 0 fully saturated rings. The van der Waals surface area contributed by atoms with Gasteiger partial charge < -0.3 is 19.4 Å². The third-order valence-corrected chi connectivity index (χ3v) is 4.18. The van der Waals surface area contributed by atoms with E-state index < -0.39 is 17.9 Å². The zero-order valence-electron chi connectivity index (χ0n) is 15.3. The zero-order chi connectivity index (χ0) is 19.1. The number of carbonyl (C=O) groups excluding carboxylic acids is 2. The minimum atomic E-state index is -1.27. The fraction of sp³-hybridized carbons (Fsp3) is 0.333. The number of carbonyl (C=O) groups is 2. The lowest BCUT2D eigenvalue weighted by atomic mass is 9.94. The molecule has 0 saturated heterocycles. The highest BCUT2D eigenvalue weighted by molar-refractivity contribution is 5.78. The Balaban J connectivity index is 2.14. The molecule has 2 aromatic carbocycles. The lowest BCUT2D eigenvalue weighted by Crippen LogP contribution is -2.30. The highest BCUT2D eigenvalue weighted by Crippen LogP contribution is 2.27. The number of rotatable bonds is 8. The van der Waals surface area contributed by atoms with Crippen molar-refractivity contribution in [2.75, 3.05) is 7.11 Å². The van der Waals surface area contributed by atoms with Gasteiger partial charge >= 0.3 is 5.97 Å². The Kier molecular flexibility index (Phi) is 6.78. The predicted molar refractivity (Wildman–Crippen MR) is 95.5 cm³/mol. The Morgan fingerprint density at radius 2 is 1.65 bits per heavy atom. The quantitative estimate of drug-likeness (QED) is 0.680. The van der Waals surface area contributed by atoms with E-state index in [1.807, 2.05) is 56.3 Å². The van der Waals surface area contributed by atoms with Crippen molar-refractivity contribution >= 4 is 11.9 Å². The fourth-order valence-corrected chi connectivity index (χ4v) is 3.01. The first-order chi connectivity index (χ1) is 12.4. The van der Waals surface area contributed by atoms with Crippen LogP contribution in [0.3, 0.4) is 0 Å². The summed E-state index contributed by atoms with van der Waals surface area (Å²) in [5.74, 6) is -1.78. The summed E-state index contributed by atoms with van der Waals surface area (Å²) >= 11 is 0. The van der Waals surface area contributed by atoms with Crippen molar-refractivity contribution in [3.63, 3.8) is 0 Å². The summed E-state index contributed by atoms with van der Waals surface area (Å²) in [5.41, 5.74) is 3.82. The van der Waals surface area contributed by atoms with Crippen LogP contribution in [0.4, 0.5) is 0 Å².